The average Bonchev–Trinajstić information content (AvgIpc) is 2.90. The van der Waals surface area contributed by atoms with Crippen LogP contribution >= 0.6 is 0 Å². The number of ether oxygens (including phenoxy) is 1. The summed E-state index contributed by atoms with van der Waals surface area (Å²) >= 11 is 0. The minimum Gasteiger partial charge on any atom is -0.481 e. The number of carbonyl (C=O) groups is 3. The smallest absolute Gasteiger partial charge is 0.433 e. The summed E-state index contributed by atoms with van der Waals surface area (Å²) in [5.41, 5.74) is -0.629. The first-order valence-corrected chi connectivity index (χ1v) is 11.4. The summed E-state index contributed by atoms with van der Waals surface area (Å²) in [5, 5.41) is 12.2. The number of alkyl halides is 3. The fraction of sp³-hybridized carbons (Fsp3) is 0.440. The Kier molecular flexibility index (Phi) is 7.90. The van der Waals surface area contributed by atoms with Gasteiger partial charge in [0.15, 0.2) is 0 Å². The number of hydrogen-bond acceptors (Lipinski definition) is 6. The normalized spacial score (nSPS) is 15.9. The zero-order valence-electron chi connectivity index (χ0n) is 20.2. The van der Waals surface area contributed by atoms with Crippen LogP contribution in [0.3, 0.4) is 0 Å². The van der Waals surface area contributed by atoms with Crippen LogP contribution in [0.5, 0.6) is 5.75 Å². The molecule has 0 radical (unpaired) electrons. The molecule has 2 aromatic rings. The fourth-order valence-corrected chi connectivity index (χ4v) is 3.94. The maximum absolute atomic E-state index is 13.3. The molecule has 3 rings (SSSR count). The molecule has 11 heteroatoms. The lowest BCUT2D eigenvalue weighted by atomic mass is 9.92. The molecule has 0 aliphatic carbocycles. The quantitative estimate of drug-likeness (QED) is 0.439. The Morgan fingerprint density at radius 3 is 2.53 bits per heavy atom. The molecule has 2 heterocycles. The van der Waals surface area contributed by atoms with E-state index >= 15 is 0 Å². The average molecular weight is 508 g/mol. The van der Waals surface area contributed by atoms with Crippen molar-refractivity contribution >= 4 is 23.7 Å². The van der Waals surface area contributed by atoms with Gasteiger partial charge in [0.2, 0.25) is 5.91 Å². The van der Waals surface area contributed by atoms with Crippen molar-refractivity contribution in [1.29, 1.82) is 0 Å². The summed E-state index contributed by atoms with van der Waals surface area (Å²) in [7, 11) is 0. The number of carboxylic acids is 1. The van der Waals surface area contributed by atoms with Crippen LogP contribution in [-0.4, -0.2) is 45.9 Å². The fourth-order valence-electron chi connectivity index (χ4n) is 3.94. The van der Waals surface area contributed by atoms with Crippen LogP contribution in [0.1, 0.15) is 56.5 Å². The van der Waals surface area contributed by atoms with Gasteiger partial charge in [-0.1, -0.05) is 39.0 Å². The van der Waals surface area contributed by atoms with Crippen LogP contribution < -0.4 is 10.1 Å². The Bertz CT molecular complexity index is 1140. The van der Waals surface area contributed by atoms with Gasteiger partial charge in [0.1, 0.15) is 17.3 Å². The number of pyridine rings is 1. The number of aliphatic carboxylic acids is 1. The zero-order chi connectivity index (χ0) is 26.7. The molecule has 1 amide bonds. The monoisotopic (exact) mass is 507 g/mol. The van der Waals surface area contributed by atoms with Gasteiger partial charge in [-0.2, -0.15) is 13.2 Å². The number of benzene rings is 1. The van der Waals surface area contributed by atoms with Crippen molar-refractivity contribution in [3.05, 3.63) is 53.2 Å². The Morgan fingerprint density at radius 2 is 1.89 bits per heavy atom. The van der Waals surface area contributed by atoms with Crippen molar-refractivity contribution in [2.75, 3.05) is 18.4 Å². The number of carbonyl (C=O) groups excluding carboxylic acids is 2. The van der Waals surface area contributed by atoms with Gasteiger partial charge in [-0.25, -0.2) is 4.98 Å². The Hall–Kier alpha value is -3.63. The van der Waals surface area contributed by atoms with E-state index in [2.05, 4.69) is 10.3 Å². The summed E-state index contributed by atoms with van der Waals surface area (Å²) in [4.78, 5) is 42.0. The lowest BCUT2D eigenvalue weighted by Gasteiger charge is -2.29. The van der Waals surface area contributed by atoms with Gasteiger partial charge in [-0.3, -0.25) is 14.4 Å². The minimum atomic E-state index is -4.66. The zero-order valence-corrected chi connectivity index (χ0v) is 20.2. The number of anilines is 1. The molecule has 0 unspecified atom stereocenters. The van der Waals surface area contributed by atoms with Crippen molar-refractivity contribution in [2.24, 2.45) is 5.41 Å². The second-order valence-corrected chi connectivity index (χ2v) is 9.80. The molecule has 1 aromatic heterocycles. The van der Waals surface area contributed by atoms with Crippen LogP contribution in [0.25, 0.3) is 0 Å². The van der Waals surface area contributed by atoms with Crippen molar-refractivity contribution in [1.82, 2.24) is 9.88 Å². The third-order valence-corrected chi connectivity index (χ3v) is 5.45. The van der Waals surface area contributed by atoms with E-state index in [1.807, 2.05) is 20.8 Å². The number of fused-ring (bicyclic) bond motifs is 1. The third-order valence-electron chi connectivity index (χ3n) is 5.45. The van der Waals surface area contributed by atoms with Crippen molar-refractivity contribution in [3.8, 4) is 5.75 Å². The highest BCUT2D eigenvalue weighted by molar-refractivity contribution is 5.81. The number of nitrogens with zero attached hydrogens (tertiary/aromatic N) is 2. The number of esters is 1. The van der Waals surface area contributed by atoms with Gasteiger partial charge in [-0.05, 0) is 29.2 Å². The largest absolute Gasteiger partial charge is 0.481 e. The first-order chi connectivity index (χ1) is 16.7. The van der Waals surface area contributed by atoms with Crippen molar-refractivity contribution < 1.29 is 37.4 Å². The highest BCUT2D eigenvalue weighted by Gasteiger charge is 2.36. The molecule has 8 nitrogen and oxygen atoms in total. The molecular formula is C25H28F3N3O5. The predicted octanol–water partition coefficient (Wildman–Crippen LogP) is 4.45. The lowest BCUT2D eigenvalue weighted by molar-refractivity contribution is -0.142. The van der Waals surface area contributed by atoms with Gasteiger partial charge in [0.25, 0.3) is 0 Å². The van der Waals surface area contributed by atoms with Gasteiger partial charge < -0.3 is 20.1 Å². The molecule has 1 aliphatic heterocycles. The molecule has 0 saturated carbocycles. The standard InChI is InChI=1S/C25H28F3N3O5/c1-24(2,3)14-22(35)36-16-6-4-5-15(11-16)12-20(32)31-10-9-29-23-17(18(31)13-21(33)34)7-8-19(30-23)25(26,27)28/h4-8,11,18H,9-10,12-14H2,1-3H3,(H,29,30)(H,33,34)/t18-/m1/s1. The van der Waals surface area contributed by atoms with E-state index in [1.54, 1.807) is 24.3 Å². The van der Waals surface area contributed by atoms with Crippen LogP contribution in [-0.2, 0) is 27.0 Å². The summed E-state index contributed by atoms with van der Waals surface area (Å²) in [6.07, 6.45) is -5.08. The van der Waals surface area contributed by atoms with E-state index in [4.69, 9.17) is 4.74 Å². The Labute approximate surface area is 206 Å². The second-order valence-electron chi connectivity index (χ2n) is 9.80. The van der Waals surface area contributed by atoms with Crippen LogP contribution in [0.4, 0.5) is 19.0 Å². The number of rotatable bonds is 6. The first-order valence-electron chi connectivity index (χ1n) is 11.4. The van der Waals surface area contributed by atoms with Gasteiger partial charge in [-0.15, -0.1) is 0 Å². The van der Waals surface area contributed by atoms with E-state index in [9.17, 15) is 32.7 Å². The molecule has 1 aliphatic rings. The topological polar surface area (TPSA) is 109 Å². The van der Waals surface area contributed by atoms with E-state index < -0.39 is 42.2 Å². The van der Waals surface area contributed by atoms with E-state index in [0.29, 0.717) is 5.56 Å². The van der Waals surface area contributed by atoms with Crippen LogP contribution in [0.15, 0.2) is 36.4 Å². The number of hydrogen-bond donors (Lipinski definition) is 2. The molecule has 1 aromatic carbocycles. The van der Waals surface area contributed by atoms with Crippen LogP contribution in [0.2, 0.25) is 0 Å². The van der Waals surface area contributed by atoms with Crippen molar-refractivity contribution in [3.63, 3.8) is 0 Å². The van der Waals surface area contributed by atoms with E-state index in [0.717, 1.165) is 12.1 Å². The summed E-state index contributed by atoms with van der Waals surface area (Å²) < 4.78 is 44.8. The Balaban J connectivity index is 1.83. The molecule has 194 valence electrons. The second kappa shape index (κ2) is 10.5. The summed E-state index contributed by atoms with van der Waals surface area (Å²) in [6, 6.07) is 7.39. The molecule has 2 N–H and O–H groups in total. The molecule has 0 fully saturated rings. The maximum atomic E-state index is 13.3. The SMILES string of the molecule is CC(C)(C)CC(=O)Oc1cccc(CC(=O)N2CCNc3nc(C(F)(F)F)ccc3[C@H]2CC(=O)O)c1. The van der Waals surface area contributed by atoms with Gasteiger partial charge in [0.05, 0.1) is 25.3 Å². The highest BCUT2D eigenvalue weighted by atomic mass is 19.4. The summed E-state index contributed by atoms with van der Waals surface area (Å²) in [5.74, 6) is -1.86. The number of nitrogens with one attached hydrogen (secondary N) is 1. The minimum absolute atomic E-state index is 0.0642. The molecular weight excluding hydrogens is 479 g/mol. The molecule has 0 bridgehead atoms. The molecule has 1 atom stereocenters. The molecule has 0 spiro atoms. The number of amides is 1. The van der Waals surface area contributed by atoms with Crippen molar-refractivity contribution in [2.45, 2.75) is 52.3 Å². The number of carboxylic acid groups (broad SMARTS) is 1. The van der Waals surface area contributed by atoms with E-state index in [-0.39, 0.29) is 48.5 Å². The van der Waals surface area contributed by atoms with Crippen LogP contribution in [0, 0.1) is 5.41 Å². The molecule has 0 saturated heterocycles. The predicted molar refractivity (Wildman–Crippen MR) is 124 cm³/mol. The third kappa shape index (κ3) is 7.19. The number of aromatic nitrogens is 1. The molecule has 36 heavy (non-hydrogen) atoms. The highest BCUT2D eigenvalue weighted by Crippen LogP contribution is 2.36. The Morgan fingerprint density at radius 1 is 1.17 bits per heavy atom. The van der Waals surface area contributed by atoms with E-state index in [1.165, 1.54) is 4.90 Å². The lowest BCUT2D eigenvalue weighted by Crippen LogP contribution is -2.38. The summed E-state index contributed by atoms with van der Waals surface area (Å²) in [6.45, 7) is 5.88. The first kappa shape index (κ1) is 27.0. The van der Waals surface area contributed by atoms with Gasteiger partial charge >= 0.3 is 18.1 Å². The maximum Gasteiger partial charge on any atom is 0.433 e. The number of halogens is 3. The van der Waals surface area contributed by atoms with Gasteiger partial charge in [0, 0.05) is 18.7 Å².